The van der Waals surface area contributed by atoms with E-state index < -0.39 is 0 Å². The maximum absolute atomic E-state index is 12.1. The van der Waals surface area contributed by atoms with E-state index in [4.69, 9.17) is 0 Å². The van der Waals surface area contributed by atoms with Gasteiger partial charge in [-0.25, -0.2) is 0 Å². The molecular formula is C18H23N3O2. The van der Waals surface area contributed by atoms with Crippen molar-refractivity contribution >= 4 is 17.5 Å². The molecule has 5 heteroatoms. The van der Waals surface area contributed by atoms with Crippen molar-refractivity contribution in [1.82, 2.24) is 10.2 Å². The number of allylic oxidation sites excluding steroid dienone is 1. The van der Waals surface area contributed by atoms with E-state index in [0.717, 1.165) is 18.5 Å². The molecule has 0 aliphatic carbocycles. The molecule has 0 fully saturated rings. The lowest BCUT2D eigenvalue weighted by atomic mass is 10.1. The zero-order chi connectivity index (χ0) is 16.5. The molecule has 0 saturated carbocycles. The molecule has 0 unspecified atom stereocenters. The number of hydrogen-bond acceptors (Lipinski definition) is 3. The van der Waals surface area contributed by atoms with Gasteiger partial charge in [-0.1, -0.05) is 37.6 Å². The highest BCUT2D eigenvalue weighted by Gasteiger charge is 2.14. The third kappa shape index (κ3) is 5.62. The van der Waals surface area contributed by atoms with Gasteiger partial charge < -0.3 is 15.5 Å². The predicted octanol–water partition coefficient (Wildman–Crippen LogP) is 2.64. The number of benzene rings is 1. The molecular weight excluding hydrogens is 290 g/mol. The Bertz CT molecular complexity index is 594. The summed E-state index contributed by atoms with van der Waals surface area (Å²) in [6, 6.07) is 9.32. The Kier molecular flexibility index (Phi) is 6.41. The van der Waals surface area contributed by atoms with Crippen molar-refractivity contribution < 1.29 is 9.59 Å². The average Bonchev–Trinajstić information content (AvgIpc) is 2.56. The van der Waals surface area contributed by atoms with Crippen LogP contribution in [0.3, 0.4) is 0 Å². The van der Waals surface area contributed by atoms with Crippen LogP contribution in [0.1, 0.15) is 26.2 Å². The minimum absolute atomic E-state index is 0.0590. The van der Waals surface area contributed by atoms with Crippen LogP contribution in [0.15, 0.2) is 54.4 Å². The Morgan fingerprint density at radius 3 is 2.74 bits per heavy atom. The number of nitrogens with zero attached hydrogens (tertiary/aromatic N) is 1. The van der Waals surface area contributed by atoms with Crippen LogP contribution in [0.25, 0.3) is 0 Å². The number of amides is 2. The summed E-state index contributed by atoms with van der Waals surface area (Å²) < 4.78 is 0. The van der Waals surface area contributed by atoms with Crippen molar-refractivity contribution in [3.05, 3.63) is 54.4 Å². The Labute approximate surface area is 137 Å². The molecule has 0 spiro atoms. The minimum Gasteiger partial charge on any atom is -0.352 e. The van der Waals surface area contributed by atoms with E-state index in [9.17, 15) is 9.59 Å². The largest absolute Gasteiger partial charge is 0.352 e. The molecule has 2 rings (SSSR count). The van der Waals surface area contributed by atoms with Gasteiger partial charge in [0.05, 0.1) is 0 Å². The topological polar surface area (TPSA) is 61.4 Å². The number of anilines is 1. The van der Waals surface area contributed by atoms with E-state index in [1.807, 2.05) is 42.6 Å². The standard InChI is InChI=1S/C18H23N3O2/c1-2-3-11-19-18(23)15-8-7-12-21(13-15)14-17(22)20-16-9-5-4-6-10-16/h4-7,9-10,12-13H,2-3,8,11,14H2,1H3,(H,19,23)(H,20,22). The summed E-state index contributed by atoms with van der Waals surface area (Å²) in [6.45, 7) is 2.95. The smallest absolute Gasteiger partial charge is 0.248 e. The van der Waals surface area contributed by atoms with Crippen molar-refractivity contribution in [2.75, 3.05) is 18.4 Å². The van der Waals surface area contributed by atoms with Crippen molar-refractivity contribution in [3.8, 4) is 0 Å². The summed E-state index contributed by atoms with van der Waals surface area (Å²) in [6.07, 6.45) is 8.07. The summed E-state index contributed by atoms with van der Waals surface area (Å²) >= 11 is 0. The van der Waals surface area contributed by atoms with Crippen LogP contribution in [-0.2, 0) is 9.59 Å². The molecule has 5 nitrogen and oxygen atoms in total. The first-order chi connectivity index (χ1) is 11.2. The van der Waals surface area contributed by atoms with Crippen LogP contribution in [0.4, 0.5) is 5.69 Å². The average molecular weight is 313 g/mol. The number of carbonyl (C=O) groups excluding carboxylic acids is 2. The Hall–Kier alpha value is -2.56. The number of para-hydroxylation sites is 1. The van der Waals surface area contributed by atoms with Gasteiger partial charge in [0.1, 0.15) is 6.54 Å². The molecule has 2 amide bonds. The Balaban J connectivity index is 1.87. The van der Waals surface area contributed by atoms with Crippen molar-refractivity contribution in [2.24, 2.45) is 0 Å². The molecule has 2 N–H and O–H groups in total. The van der Waals surface area contributed by atoms with Gasteiger partial charge in [-0.15, -0.1) is 0 Å². The lowest BCUT2D eigenvalue weighted by molar-refractivity contribution is -0.118. The summed E-state index contributed by atoms with van der Waals surface area (Å²) in [5, 5.41) is 5.73. The Morgan fingerprint density at radius 1 is 1.22 bits per heavy atom. The molecule has 1 aliphatic heterocycles. The van der Waals surface area contributed by atoms with Crippen molar-refractivity contribution in [3.63, 3.8) is 0 Å². The minimum atomic E-state index is -0.121. The van der Waals surface area contributed by atoms with E-state index >= 15 is 0 Å². The Morgan fingerprint density at radius 2 is 2.00 bits per heavy atom. The van der Waals surface area contributed by atoms with Crippen LogP contribution in [0, 0.1) is 0 Å². The molecule has 122 valence electrons. The maximum Gasteiger partial charge on any atom is 0.248 e. The van der Waals surface area contributed by atoms with Gasteiger partial charge in [0.15, 0.2) is 0 Å². The summed E-state index contributed by atoms with van der Waals surface area (Å²) in [4.78, 5) is 25.8. The summed E-state index contributed by atoms with van der Waals surface area (Å²) in [5.74, 6) is -0.180. The van der Waals surface area contributed by atoms with E-state index in [1.54, 1.807) is 11.1 Å². The lowest BCUT2D eigenvalue weighted by Gasteiger charge is -2.20. The fourth-order valence-corrected chi connectivity index (χ4v) is 2.24. The predicted molar refractivity (Wildman–Crippen MR) is 91.5 cm³/mol. The van der Waals surface area contributed by atoms with Gasteiger partial charge in [-0.05, 0) is 25.0 Å². The zero-order valence-electron chi connectivity index (χ0n) is 13.4. The van der Waals surface area contributed by atoms with Crippen LogP contribution in [0.5, 0.6) is 0 Å². The third-order valence-electron chi connectivity index (χ3n) is 3.45. The monoisotopic (exact) mass is 313 g/mol. The summed E-state index contributed by atoms with van der Waals surface area (Å²) in [5.41, 5.74) is 1.44. The second kappa shape index (κ2) is 8.78. The van der Waals surface area contributed by atoms with Gasteiger partial charge >= 0.3 is 0 Å². The zero-order valence-corrected chi connectivity index (χ0v) is 13.4. The molecule has 0 bridgehead atoms. The first kappa shape index (κ1) is 16.8. The van der Waals surface area contributed by atoms with Crippen molar-refractivity contribution in [1.29, 1.82) is 0 Å². The molecule has 23 heavy (non-hydrogen) atoms. The van der Waals surface area contributed by atoms with Gasteiger partial charge in [0, 0.05) is 30.2 Å². The highest BCUT2D eigenvalue weighted by atomic mass is 16.2. The molecule has 0 saturated heterocycles. The van der Waals surface area contributed by atoms with E-state index in [-0.39, 0.29) is 18.4 Å². The fraction of sp³-hybridized carbons (Fsp3) is 0.333. The van der Waals surface area contributed by atoms with Gasteiger partial charge in [-0.2, -0.15) is 0 Å². The quantitative estimate of drug-likeness (QED) is 0.761. The SMILES string of the molecule is CCCCNC(=O)C1=CN(CC(=O)Nc2ccccc2)C=CC1. The fourth-order valence-electron chi connectivity index (χ4n) is 2.24. The number of rotatable bonds is 7. The van der Waals surface area contributed by atoms with Crippen LogP contribution >= 0.6 is 0 Å². The number of hydrogen-bond donors (Lipinski definition) is 2. The molecule has 1 aromatic carbocycles. The first-order valence-corrected chi connectivity index (χ1v) is 7.95. The maximum atomic E-state index is 12.1. The molecule has 1 heterocycles. The van der Waals surface area contributed by atoms with E-state index in [1.165, 1.54) is 0 Å². The molecule has 0 atom stereocenters. The van der Waals surface area contributed by atoms with Crippen LogP contribution < -0.4 is 10.6 Å². The second-order valence-electron chi connectivity index (χ2n) is 5.44. The van der Waals surface area contributed by atoms with Crippen LogP contribution in [0.2, 0.25) is 0 Å². The van der Waals surface area contributed by atoms with Gasteiger partial charge in [0.25, 0.3) is 0 Å². The third-order valence-corrected chi connectivity index (χ3v) is 3.45. The summed E-state index contributed by atoms with van der Waals surface area (Å²) in [7, 11) is 0. The van der Waals surface area contributed by atoms with Gasteiger partial charge in [0.2, 0.25) is 11.8 Å². The lowest BCUT2D eigenvalue weighted by Crippen LogP contribution is -2.31. The first-order valence-electron chi connectivity index (χ1n) is 7.95. The molecule has 0 aromatic heterocycles. The second-order valence-corrected chi connectivity index (χ2v) is 5.44. The molecule has 0 radical (unpaired) electrons. The highest BCUT2D eigenvalue weighted by Crippen LogP contribution is 2.13. The molecule has 1 aliphatic rings. The molecule has 1 aromatic rings. The number of carbonyl (C=O) groups is 2. The van der Waals surface area contributed by atoms with Crippen LogP contribution in [-0.4, -0.2) is 29.8 Å². The van der Waals surface area contributed by atoms with Crippen molar-refractivity contribution in [2.45, 2.75) is 26.2 Å². The van der Waals surface area contributed by atoms with E-state index in [2.05, 4.69) is 17.6 Å². The highest BCUT2D eigenvalue weighted by molar-refractivity contribution is 5.94. The normalized spacial score (nSPS) is 13.4. The number of unbranched alkanes of at least 4 members (excludes halogenated alkanes) is 1. The van der Waals surface area contributed by atoms with Gasteiger partial charge in [-0.3, -0.25) is 9.59 Å². The van der Waals surface area contributed by atoms with E-state index in [0.29, 0.717) is 18.5 Å². The number of nitrogens with one attached hydrogen (secondary N) is 2.